The highest BCUT2D eigenvalue weighted by Gasteiger charge is 2.20. The number of nitrogens with one attached hydrogen (secondary N) is 1. The van der Waals surface area contributed by atoms with E-state index in [2.05, 4.69) is 42.4 Å². The summed E-state index contributed by atoms with van der Waals surface area (Å²) in [6.45, 7) is -0.235. The van der Waals surface area contributed by atoms with Crippen LogP contribution in [-0.4, -0.2) is 46.0 Å². The van der Waals surface area contributed by atoms with Crippen LogP contribution in [0.1, 0.15) is 15.9 Å². The standard InChI is InChI=1S/C29H24Br2N2O7/c1-36-24-12-19(13-25(37-2)28(24)38-3)29(35)40-27-20(10-21(30)14-23(27)31)15-32-33-26(34)16-39-22-9-8-17-6-4-5-7-18(17)11-22/h4-15H,16H2,1-3H3,(H,33,34)/b32-15+. The third kappa shape index (κ3) is 6.91. The Bertz CT molecular complexity index is 1570. The summed E-state index contributed by atoms with van der Waals surface area (Å²) in [7, 11) is 4.37. The summed E-state index contributed by atoms with van der Waals surface area (Å²) in [5, 5.41) is 6.09. The first-order valence-electron chi connectivity index (χ1n) is 11.8. The van der Waals surface area contributed by atoms with Gasteiger partial charge in [-0.3, -0.25) is 4.79 Å². The zero-order valence-corrected chi connectivity index (χ0v) is 24.9. The van der Waals surface area contributed by atoms with Crippen molar-refractivity contribution < 1.29 is 33.3 Å². The minimum atomic E-state index is -0.676. The number of carbonyl (C=O) groups excluding carboxylic acids is 2. The summed E-state index contributed by atoms with van der Waals surface area (Å²) in [5.74, 6) is 0.568. The second kappa shape index (κ2) is 13.3. The fourth-order valence-corrected chi connectivity index (χ4v) is 5.09. The number of rotatable bonds is 10. The van der Waals surface area contributed by atoms with E-state index in [0.717, 1.165) is 10.8 Å². The molecule has 1 N–H and O–H groups in total. The van der Waals surface area contributed by atoms with Gasteiger partial charge in [0.05, 0.1) is 37.6 Å². The molecule has 0 atom stereocenters. The predicted molar refractivity (Wildman–Crippen MR) is 158 cm³/mol. The molecular formula is C29H24Br2N2O7. The number of hydrogen-bond donors (Lipinski definition) is 1. The van der Waals surface area contributed by atoms with E-state index in [0.29, 0.717) is 37.5 Å². The van der Waals surface area contributed by atoms with E-state index in [4.69, 9.17) is 23.7 Å². The van der Waals surface area contributed by atoms with E-state index in [-0.39, 0.29) is 17.9 Å². The molecule has 0 aliphatic heterocycles. The maximum absolute atomic E-state index is 13.1. The molecule has 0 aliphatic carbocycles. The van der Waals surface area contributed by atoms with E-state index in [1.54, 1.807) is 18.2 Å². The van der Waals surface area contributed by atoms with Crippen molar-refractivity contribution >= 4 is 60.7 Å². The van der Waals surface area contributed by atoms with Crippen LogP contribution in [0.25, 0.3) is 10.8 Å². The zero-order valence-electron chi connectivity index (χ0n) is 21.7. The molecule has 0 spiro atoms. The molecule has 0 saturated carbocycles. The number of hydrazone groups is 1. The van der Waals surface area contributed by atoms with E-state index in [9.17, 15) is 9.59 Å². The lowest BCUT2D eigenvalue weighted by molar-refractivity contribution is -0.123. The van der Waals surface area contributed by atoms with Gasteiger partial charge in [-0.25, -0.2) is 10.2 Å². The molecule has 0 radical (unpaired) electrons. The average molecular weight is 672 g/mol. The largest absolute Gasteiger partial charge is 0.493 e. The van der Waals surface area contributed by atoms with Crippen LogP contribution >= 0.6 is 31.9 Å². The lowest BCUT2D eigenvalue weighted by Crippen LogP contribution is -2.24. The number of ether oxygens (including phenoxy) is 5. The fourth-order valence-electron chi connectivity index (χ4n) is 3.75. The molecule has 0 aromatic heterocycles. The molecule has 206 valence electrons. The topological polar surface area (TPSA) is 105 Å². The van der Waals surface area contributed by atoms with Crippen LogP contribution in [0, 0.1) is 0 Å². The van der Waals surface area contributed by atoms with E-state index >= 15 is 0 Å². The summed E-state index contributed by atoms with van der Waals surface area (Å²) in [6, 6.07) is 19.8. The van der Waals surface area contributed by atoms with Crippen LogP contribution in [0.4, 0.5) is 0 Å². The Labute approximate surface area is 247 Å². The van der Waals surface area contributed by atoms with Crippen molar-refractivity contribution in [3.63, 3.8) is 0 Å². The van der Waals surface area contributed by atoms with Gasteiger partial charge in [0.25, 0.3) is 5.91 Å². The predicted octanol–water partition coefficient (Wildman–Crippen LogP) is 6.14. The number of nitrogens with zero attached hydrogens (tertiary/aromatic N) is 1. The van der Waals surface area contributed by atoms with Crippen molar-refractivity contribution in [2.24, 2.45) is 5.10 Å². The number of methoxy groups -OCH3 is 3. The Balaban J connectivity index is 1.46. The summed E-state index contributed by atoms with van der Waals surface area (Å²) in [5.41, 5.74) is 3.01. The average Bonchev–Trinajstić information content (AvgIpc) is 2.96. The SMILES string of the molecule is COc1cc(C(=O)Oc2c(Br)cc(Br)cc2/C=N/NC(=O)COc2ccc3ccccc3c2)cc(OC)c1OC. The minimum absolute atomic E-state index is 0.173. The molecule has 4 aromatic rings. The molecule has 0 fully saturated rings. The molecule has 0 unspecified atom stereocenters. The second-order valence-electron chi connectivity index (χ2n) is 8.20. The highest BCUT2D eigenvalue weighted by Crippen LogP contribution is 2.39. The lowest BCUT2D eigenvalue weighted by Gasteiger charge is -2.15. The molecule has 0 aliphatic rings. The summed E-state index contributed by atoms with van der Waals surface area (Å²) >= 11 is 6.84. The van der Waals surface area contributed by atoms with Gasteiger partial charge in [0.15, 0.2) is 23.9 Å². The number of halogens is 2. The summed E-state index contributed by atoms with van der Waals surface area (Å²) < 4.78 is 28.4. The molecule has 1 amide bonds. The van der Waals surface area contributed by atoms with Crippen molar-refractivity contribution in [3.05, 3.63) is 86.8 Å². The van der Waals surface area contributed by atoms with Gasteiger partial charge in [-0.15, -0.1) is 0 Å². The number of amides is 1. The molecule has 4 aromatic carbocycles. The Hall–Kier alpha value is -4.09. The van der Waals surface area contributed by atoms with Gasteiger partial charge < -0.3 is 23.7 Å². The van der Waals surface area contributed by atoms with Crippen molar-refractivity contribution in [1.82, 2.24) is 5.43 Å². The van der Waals surface area contributed by atoms with E-state index < -0.39 is 11.9 Å². The first-order valence-corrected chi connectivity index (χ1v) is 13.4. The number of benzene rings is 4. The van der Waals surface area contributed by atoms with Crippen LogP contribution in [0.15, 0.2) is 80.8 Å². The first-order chi connectivity index (χ1) is 19.3. The molecule has 40 heavy (non-hydrogen) atoms. The maximum Gasteiger partial charge on any atom is 0.343 e. The minimum Gasteiger partial charge on any atom is -0.493 e. The molecule has 0 heterocycles. The molecular weight excluding hydrogens is 648 g/mol. The fraction of sp³-hybridized carbons (Fsp3) is 0.138. The molecule has 9 nitrogen and oxygen atoms in total. The number of esters is 1. The monoisotopic (exact) mass is 670 g/mol. The van der Waals surface area contributed by atoms with Crippen molar-refractivity contribution in [1.29, 1.82) is 0 Å². The van der Waals surface area contributed by atoms with Gasteiger partial charge in [-0.05, 0) is 63.1 Å². The van der Waals surface area contributed by atoms with Gasteiger partial charge in [0.1, 0.15) is 5.75 Å². The molecule has 4 rings (SSSR count). The van der Waals surface area contributed by atoms with Crippen LogP contribution in [0.2, 0.25) is 0 Å². The quantitative estimate of drug-likeness (QED) is 0.0935. The highest BCUT2D eigenvalue weighted by atomic mass is 79.9. The highest BCUT2D eigenvalue weighted by molar-refractivity contribution is 9.11. The van der Waals surface area contributed by atoms with Crippen LogP contribution < -0.4 is 29.1 Å². The molecule has 0 saturated heterocycles. The number of carbonyl (C=O) groups is 2. The number of fused-ring (bicyclic) bond motifs is 1. The smallest absolute Gasteiger partial charge is 0.343 e. The number of hydrogen-bond acceptors (Lipinski definition) is 8. The Morgan fingerprint density at radius 3 is 2.23 bits per heavy atom. The van der Waals surface area contributed by atoms with Gasteiger partial charge in [-0.1, -0.05) is 46.3 Å². The normalized spacial score (nSPS) is 10.8. The summed E-state index contributed by atoms with van der Waals surface area (Å²) in [6.07, 6.45) is 1.36. The Kier molecular flexibility index (Phi) is 9.62. The van der Waals surface area contributed by atoms with Crippen molar-refractivity contribution in [2.45, 2.75) is 0 Å². The maximum atomic E-state index is 13.1. The zero-order chi connectivity index (χ0) is 28.6. The van der Waals surface area contributed by atoms with Crippen molar-refractivity contribution in [3.8, 4) is 28.7 Å². The van der Waals surface area contributed by atoms with Gasteiger partial charge in [-0.2, -0.15) is 5.10 Å². The molecule has 0 bridgehead atoms. The second-order valence-corrected chi connectivity index (χ2v) is 9.97. The van der Waals surface area contributed by atoms with Gasteiger partial charge >= 0.3 is 5.97 Å². The van der Waals surface area contributed by atoms with Gasteiger partial charge in [0.2, 0.25) is 5.75 Å². The van der Waals surface area contributed by atoms with E-state index in [1.807, 2.05) is 36.4 Å². The third-order valence-corrected chi connectivity index (χ3v) is 6.66. The Morgan fingerprint density at radius 2 is 1.55 bits per heavy atom. The summed E-state index contributed by atoms with van der Waals surface area (Å²) in [4.78, 5) is 25.4. The van der Waals surface area contributed by atoms with Crippen LogP contribution in [-0.2, 0) is 4.79 Å². The molecule has 11 heteroatoms. The van der Waals surface area contributed by atoms with E-state index in [1.165, 1.54) is 39.7 Å². The van der Waals surface area contributed by atoms with Crippen molar-refractivity contribution in [2.75, 3.05) is 27.9 Å². The van der Waals surface area contributed by atoms with Crippen LogP contribution in [0.3, 0.4) is 0 Å². The third-order valence-electron chi connectivity index (χ3n) is 5.62. The van der Waals surface area contributed by atoms with Gasteiger partial charge in [0, 0.05) is 10.0 Å². The first kappa shape index (κ1) is 28.9. The Morgan fingerprint density at radius 1 is 0.850 bits per heavy atom. The lowest BCUT2D eigenvalue weighted by atomic mass is 10.1. The van der Waals surface area contributed by atoms with Crippen LogP contribution in [0.5, 0.6) is 28.7 Å².